The van der Waals surface area contributed by atoms with Gasteiger partial charge in [0.05, 0.1) is 31.4 Å². The summed E-state index contributed by atoms with van der Waals surface area (Å²) in [6.07, 6.45) is 4.06. The van der Waals surface area contributed by atoms with E-state index in [1.54, 1.807) is 67.8 Å². The Balaban J connectivity index is 1.76. The molecule has 0 aliphatic carbocycles. The van der Waals surface area contributed by atoms with Gasteiger partial charge in [-0.1, -0.05) is 17.7 Å². The molecular weight excluding hydrogens is 390 g/mol. The maximum absolute atomic E-state index is 13.1. The molecule has 0 atom stereocenters. The van der Waals surface area contributed by atoms with Crippen LogP contribution in [0.25, 0.3) is 0 Å². The van der Waals surface area contributed by atoms with Crippen molar-refractivity contribution in [3.63, 3.8) is 0 Å². The van der Waals surface area contributed by atoms with Crippen LogP contribution in [0.15, 0.2) is 76.2 Å². The van der Waals surface area contributed by atoms with Gasteiger partial charge in [-0.25, -0.2) is 8.42 Å². The van der Waals surface area contributed by atoms with Crippen LogP contribution < -0.4 is 9.47 Å². The van der Waals surface area contributed by atoms with Gasteiger partial charge in [0.2, 0.25) is 10.0 Å². The standard InChI is InChI=1S/C22H21NO5S/c1-18-6-12-22(13-7-18)29(24,25)23(17-21-5-3-15-28-21)14-4-16-27-20-10-8-19(26-2)9-11-20/h3,5-13,15H,14,17H2,1-2H3. The number of furan rings is 1. The summed E-state index contributed by atoms with van der Waals surface area (Å²) in [7, 11) is -2.17. The average Bonchev–Trinajstić information content (AvgIpc) is 3.24. The van der Waals surface area contributed by atoms with Crippen molar-refractivity contribution in [1.29, 1.82) is 0 Å². The van der Waals surface area contributed by atoms with Crippen LogP contribution in [0.2, 0.25) is 0 Å². The van der Waals surface area contributed by atoms with Crippen molar-refractivity contribution in [1.82, 2.24) is 4.31 Å². The van der Waals surface area contributed by atoms with Gasteiger partial charge in [-0.15, -0.1) is 0 Å². The molecule has 0 N–H and O–H groups in total. The summed E-state index contributed by atoms with van der Waals surface area (Å²) in [6, 6.07) is 17.1. The lowest BCUT2D eigenvalue weighted by Gasteiger charge is -2.18. The summed E-state index contributed by atoms with van der Waals surface area (Å²) in [6.45, 7) is 1.92. The molecule has 0 unspecified atom stereocenters. The molecule has 29 heavy (non-hydrogen) atoms. The Morgan fingerprint density at radius 1 is 1.00 bits per heavy atom. The smallest absolute Gasteiger partial charge is 0.244 e. The third-order valence-electron chi connectivity index (χ3n) is 4.13. The first-order valence-corrected chi connectivity index (χ1v) is 10.3. The number of ether oxygens (including phenoxy) is 2. The van der Waals surface area contributed by atoms with Gasteiger partial charge in [0, 0.05) is 0 Å². The number of benzene rings is 2. The normalized spacial score (nSPS) is 11.0. The summed E-state index contributed by atoms with van der Waals surface area (Å²) in [4.78, 5) is 0.201. The van der Waals surface area contributed by atoms with Crippen LogP contribution >= 0.6 is 0 Å². The first-order chi connectivity index (χ1) is 14.0. The van der Waals surface area contributed by atoms with Crippen molar-refractivity contribution in [2.75, 3.05) is 13.7 Å². The minimum atomic E-state index is -3.75. The molecule has 0 fully saturated rings. The zero-order chi connectivity index (χ0) is 20.7. The molecule has 7 heteroatoms. The summed E-state index contributed by atoms with van der Waals surface area (Å²) in [5.41, 5.74) is 0.981. The fraction of sp³-hybridized carbons (Fsp3) is 0.182. The minimum absolute atomic E-state index is 0.0485. The molecule has 1 heterocycles. The van der Waals surface area contributed by atoms with Gasteiger partial charge >= 0.3 is 0 Å². The summed E-state index contributed by atoms with van der Waals surface area (Å²) >= 11 is 0. The van der Waals surface area contributed by atoms with Gasteiger partial charge in [-0.05, 0) is 61.4 Å². The molecule has 1 aromatic heterocycles. The van der Waals surface area contributed by atoms with Gasteiger partial charge in [-0.2, -0.15) is 4.31 Å². The number of sulfonamides is 1. The lowest BCUT2D eigenvalue weighted by molar-refractivity contribution is 0.388. The fourth-order valence-electron chi connectivity index (χ4n) is 2.52. The van der Waals surface area contributed by atoms with E-state index in [0.29, 0.717) is 17.3 Å². The van der Waals surface area contributed by atoms with Crippen LogP contribution in [0.5, 0.6) is 11.5 Å². The molecule has 3 rings (SSSR count). The number of hydrogen-bond donors (Lipinski definition) is 0. The number of aryl methyl sites for hydroxylation is 1. The summed E-state index contributed by atoms with van der Waals surface area (Å²) in [5.74, 6) is 4.54. The van der Waals surface area contributed by atoms with E-state index < -0.39 is 10.0 Å². The van der Waals surface area contributed by atoms with E-state index in [1.165, 1.54) is 10.6 Å². The SMILES string of the molecule is COc1ccc(OC#CCN(Cc2ccco2)S(=O)(=O)c2ccc(C)cc2)cc1. The highest BCUT2D eigenvalue weighted by Crippen LogP contribution is 2.19. The number of methoxy groups -OCH3 is 1. The van der Waals surface area contributed by atoms with Gasteiger partial charge in [0.1, 0.15) is 23.4 Å². The van der Waals surface area contributed by atoms with Crippen molar-refractivity contribution in [3.8, 4) is 23.5 Å². The molecule has 2 aromatic carbocycles. The van der Waals surface area contributed by atoms with Gasteiger partial charge < -0.3 is 13.9 Å². The fourth-order valence-corrected chi connectivity index (χ4v) is 3.83. The molecule has 0 spiro atoms. The van der Waals surface area contributed by atoms with E-state index in [2.05, 4.69) is 12.0 Å². The van der Waals surface area contributed by atoms with Crippen molar-refractivity contribution in [2.45, 2.75) is 18.4 Å². The van der Waals surface area contributed by atoms with Crippen LogP contribution in [-0.4, -0.2) is 26.4 Å². The van der Waals surface area contributed by atoms with E-state index in [-0.39, 0.29) is 18.0 Å². The first kappa shape index (κ1) is 20.5. The average molecular weight is 411 g/mol. The largest absolute Gasteiger partial charge is 0.497 e. The lowest BCUT2D eigenvalue weighted by atomic mass is 10.2. The van der Waals surface area contributed by atoms with Gasteiger partial charge in [0.25, 0.3) is 0 Å². The van der Waals surface area contributed by atoms with E-state index in [4.69, 9.17) is 13.9 Å². The summed E-state index contributed by atoms with van der Waals surface area (Å²) < 4.78 is 43.2. The Kier molecular flexibility index (Phi) is 6.60. The summed E-state index contributed by atoms with van der Waals surface area (Å²) in [5, 5.41) is 0. The van der Waals surface area contributed by atoms with Crippen LogP contribution in [-0.2, 0) is 16.6 Å². The van der Waals surface area contributed by atoms with Crippen molar-refractivity contribution in [2.24, 2.45) is 0 Å². The second kappa shape index (κ2) is 9.32. The molecule has 150 valence electrons. The molecular formula is C22H21NO5S. The quantitative estimate of drug-likeness (QED) is 0.553. The Labute approximate surface area is 170 Å². The lowest BCUT2D eigenvalue weighted by Crippen LogP contribution is -2.31. The maximum atomic E-state index is 13.1. The second-order valence-corrected chi connectivity index (χ2v) is 8.16. The minimum Gasteiger partial charge on any atom is -0.497 e. The predicted octanol–water partition coefficient (Wildman–Crippen LogP) is 3.83. The monoisotopic (exact) mass is 411 g/mol. The Bertz CT molecular complexity index is 1080. The molecule has 3 aromatic rings. The zero-order valence-electron chi connectivity index (χ0n) is 16.2. The van der Waals surface area contributed by atoms with Crippen molar-refractivity contribution >= 4 is 10.0 Å². The number of nitrogens with zero attached hydrogens (tertiary/aromatic N) is 1. The Hall–Kier alpha value is -3.21. The highest BCUT2D eigenvalue weighted by molar-refractivity contribution is 7.89. The van der Waals surface area contributed by atoms with Gasteiger partial charge in [-0.3, -0.25) is 0 Å². The maximum Gasteiger partial charge on any atom is 0.244 e. The number of rotatable bonds is 7. The Morgan fingerprint density at radius 2 is 1.69 bits per heavy atom. The van der Waals surface area contributed by atoms with Crippen molar-refractivity contribution in [3.05, 3.63) is 78.3 Å². The molecule has 0 saturated carbocycles. The Morgan fingerprint density at radius 3 is 2.31 bits per heavy atom. The molecule has 0 aliphatic rings. The van der Waals surface area contributed by atoms with Crippen LogP contribution in [0.1, 0.15) is 11.3 Å². The number of hydrogen-bond acceptors (Lipinski definition) is 5. The van der Waals surface area contributed by atoms with Crippen LogP contribution in [0.4, 0.5) is 0 Å². The third-order valence-corrected chi connectivity index (χ3v) is 5.93. The van der Waals surface area contributed by atoms with E-state index in [9.17, 15) is 8.42 Å². The van der Waals surface area contributed by atoms with Crippen LogP contribution in [0, 0.1) is 19.0 Å². The van der Waals surface area contributed by atoms with E-state index in [0.717, 1.165) is 5.56 Å². The predicted molar refractivity (Wildman–Crippen MR) is 109 cm³/mol. The molecule has 0 radical (unpaired) electrons. The van der Waals surface area contributed by atoms with Gasteiger partial charge in [0.15, 0.2) is 0 Å². The highest BCUT2D eigenvalue weighted by atomic mass is 32.2. The third kappa shape index (κ3) is 5.41. The molecule has 0 bridgehead atoms. The molecule has 6 nitrogen and oxygen atoms in total. The van der Waals surface area contributed by atoms with E-state index >= 15 is 0 Å². The topological polar surface area (TPSA) is 69.0 Å². The molecule has 0 saturated heterocycles. The van der Waals surface area contributed by atoms with E-state index in [1.807, 2.05) is 6.92 Å². The van der Waals surface area contributed by atoms with Crippen molar-refractivity contribution < 1.29 is 22.3 Å². The second-order valence-electron chi connectivity index (χ2n) is 6.22. The molecule has 0 aliphatic heterocycles. The molecule has 0 amide bonds. The zero-order valence-corrected chi connectivity index (χ0v) is 17.0. The van der Waals surface area contributed by atoms with Crippen LogP contribution in [0.3, 0.4) is 0 Å². The first-order valence-electron chi connectivity index (χ1n) is 8.87. The highest BCUT2D eigenvalue weighted by Gasteiger charge is 2.24.